The van der Waals surface area contributed by atoms with Gasteiger partial charge in [-0.1, -0.05) is 47.5 Å². The summed E-state index contributed by atoms with van der Waals surface area (Å²) in [5, 5.41) is 8.39. The molecule has 6 heteroatoms. The van der Waals surface area contributed by atoms with Crippen LogP contribution >= 0.6 is 34.8 Å². The van der Waals surface area contributed by atoms with E-state index < -0.39 is 9.76 Å². The Balaban J connectivity index is 4.55. The van der Waals surface area contributed by atoms with Crippen molar-refractivity contribution in [2.45, 2.75) is 3.79 Å². The lowest BCUT2D eigenvalue weighted by Gasteiger charge is -2.15. The minimum atomic E-state index is -1.87. The van der Waals surface area contributed by atoms with Gasteiger partial charge in [-0.3, -0.25) is 0 Å². The van der Waals surface area contributed by atoms with E-state index in [0.717, 1.165) is 0 Å². The molecule has 0 amide bonds. The van der Waals surface area contributed by atoms with E-state index in [1.807, 2.05) is 0 Å². The van der Waals surface area contributed by atoms with Gasteiger partial charge in [0, 0.05) is 0 Å². The summed E-state index contributed by atoms with van der Waals surface area (Å²) in [6.45, 7) is 3.44. The highest BCUT2D eigenvalue weighted by Crippen LogP contribution is 2.35. The molecule has 0 bridgehead atoms. The van der Waals surface area contributed by atoms with E-state index in [1.54, 1.807) is 0 Å². The van der Waals surface area contributed by atoms with Gasteiger partial charge in [0.2, 0.25) is 3.79 Å². The van der Waals surface area contributed by atoms with Gasteiger partial charge in [-0.15, -0.1) is 0 Å². The van der Waals surface area contributed by atoms with Crippen LogP contribution in [0.4, 0.5) is 0 Å². The fourth-order valence-corrected chi connectivity index (χ4v) is 0.794. The Morgan fingerprint density at radius 3 is 2.38 bits per heavy atom. The van der Waals surface area contributed by atoms with Crippen molar-refractivity contribution in [3.8, 4) is 0 Å². The molecule has 0 atom stereocenters. The van der Waals surface area contributed by atoms with Crippen LogP contribution in [-0.2, 0) is 9.53 Å². The van der Waals surface area contributed by atoms with Crippen LogP contribution in [0, 0.1) is 0 Å². The number of ether oxygens (including phenoxy) is 1. The van der Waals surface area contributed by atoms with Gasteiger partial charge in [0.05, 0.1) is 6.08 Å². The van der Waals surface area contributed by atoms with Crippen LogP contribution in [0.15, 0.2) is 24.5 Å². The first-order chi connectivity index (χ1) is 5.88. The van der Waals surface area contributed by atoms with E-state index in [2.05, 4.69) is 6.58 Å². The molecule has 0 aliphatic carbocycles. The van der Waals surface area contributed by atoms with Gasteiger partial charge in [-0.05, 0) is 0 Å². The molecule has 0 unspecified atom stereocenters. The van der Waals surface area contributed by atoms with E-state index in [1.165, 1.54) is 6.08 Å². The molecular formula is C7H7Cl3O3. The maximum absolute atomic E-state index is 10.3. The fourth-order valence-electron chi connectivity index (χ4n) is 0.466. The minimum absolute atomic E-state index is 0.0764. The van der Waals surface area contributed by atoms with Crippen molar-refractivity contribution in [1.82, 2.24) is 0 Å². The number of alkyl halides is 3. The van der Waals surface area contributed by atoms with Crippen LogP contribution in [0.25, 0.3) is 0 Å². The number of hydrogen-bond acceptors (Lipinski definition) is 2. The maximum atomic E-state index is 10.3. The Morgan fingerprint density at radius 1 is 1.54 bits per heavy atom. The zero-order valence-corrected chi connectivity index (χ0v) is 8.73. The van der Waals surface area contributed by atoms with Gasteiger partial charge < -0.3 is 9.84 Å². The molecule has 3 nitrogen and oxygen atoms in total. The summed E-state index contributed by atoms with van der Waals surface area (Å²) in [5.74, 6) is -1.49. The van der Waals surface area contributed by atoms with Crippen LogP contribution in [0.1, 0.15) is 0 Å². The van der Waals surface area contributed by atoms with Gasteiger partial charge in [-0.2, -0.15) is 0 Å². The van der Waals surface area contributed by atoms with E-state index >= 15 is 0 Å². The molecule has 1 N–H and O–H groups in total. The average Bonchev–Trinajstić information content (AvgIpc) is 1.95. The van der Waals surface area contributed by atoms with E-state index in [0.29, 0.717) is 6.08 Å². The van der Waals surface area contributed by atoms with E-state index in [9.17, 15) is 4.79 Å². The van der Waals surface area contributed by atoms with Gasteiger partial charge >= 0.3 is 5.97 Å². The summed E-state index contributed by atoms with van der Waals surface area (Å²) < 4.78 is 2.96. The smallest absolute Gasteiger partial charge is 0.331 e. The molecule has 0 aromatic rings. The monoisotopic (exact) mass is 244 g/mol. The van der Waals surface area contributed by atoms with Crippen molar-refractivity contribution in [1.29, 1.82) is 0 Å². The average molecular weight is 245 g/mol. The van der Waals surface area contributed by atoms with Gasteiger partial charge in [0.15, 0.2) is 5.76 Å². The standard InChI is InChI=1S/C7H7Cl3O3/c1-2-3-13-5(4-6(11)12)7(8,9)10/h2,4H,1,3H2,(H,11,12). The number of allylic oxidation sites excluding steroid dienone is 1. The highest BCUT2D eigenvalue weighted by Gasteiger charge is 2.28. The lowest BCUT2D eigenvalue weighted by molar-refractivity contribution is -0.131. The third-order valence-electron chi connectivity index (χ3n) is 0.891. The van der Waals surface area contributed by atoms with Crippen LogP contribution in [0.5, 0.6) is 0 Å². The van der Waals surface area contributed by atoms with E-state index in [4.69, 9.17) is 44.6 Å². The first-order valence-corrected chi connectivity index (χ1v) is 4.27. The highest BCUT2D eigenvalue weighted by molar-refractivity contribution is 6.69. The molecule has 0 aromatic carbocycles. The predicted molar refractivity (Wildman–Crippen MR) is 52.2 cm³/mol. The number of carboxylic acids is 1. The fraction of sp³-hybridized carbons (Fsp3) is 0.286. The summed E-state index contributed by atoms with van der Waals surface area (Å²) in [7, 11) is 0. The number of hydrogen-bond donors (Lipinski definition) is 1. The molecule has 0 aliphatic heterocycles. The number of carboxylic acid groups (broad SMARTS) is 1. The van der Waals surface area contributed by atoms with Crippen molar-refractivity contribution in [2.75, 3.05) is 6.61 Å². The van der Waals surface area contributed by atoms with Crippen molar-refractivity contribution in [3.05, 3.63) is 24.5 Å². The quantitative estimate of drug-likeness (QED) is 0.358. The summed E-state index contributed by atoms with van der Waals surface area (Å²) in [4.78, 5) is 10.3. The van der Waals surface area contributed by atoms with Crippen molar-refractivity contribution in [2.24, 2.45) is 0 Å². The molecule has 0 saturated carbocycles. The number of carbonyl (C=O) groups is 1. The summed E-state index contributed by atoms with van der Waals surface area (Å²) >= 11 is 16.3. The third-order valence-corrected chi connectivity index (χ3v) is 1.45. The second kappa shape index (κ2) is 5.37. The van der Waals surface area contributed by atoms with Crippen molar-refractivity contribution >= 4 is 40.8 Å². The SMILES string of the molecule is C=CCOC(=CC(=O)O)C(Cl)(Cl)Cl. The molecule has 0 radical (unpaired) electrons. The van der Waals surface area contributed by atoms with Crippen LogP contribution in [-0.4, -0.2) is 21.5 Å². The summed E-state index contributed by atoms with van der Waals surface area (Å²) in [5.41, 5.74) is 0. The largest absolute Gasteiger partial charge is 0.489 e. The lowest BCUT2D eigenvalue weighted by atomic mass is 10.4. The van der Waals surface area contributed by atoms with Gasteiger partial charge in [0.25, 0.3) is 0 Å². The Labute approximate surface area is 90.5 Å². The second-order valence-electron chi connectivity index (χ2n) is 1.94. The third kappa shape index (κ3) is 5.80. The van der Waals surface area contributed by atoms with E-state index in [-0.39, 0.29) is 12.4 Å². The zero-order chi connectivity index (χ0) is 10.5. The van der Waals surface area contributed by atoms with Crippen molar-refractivity contribution in [3.63, 3.8) is 0 Å². The molecular weight excluding hydrogens is 238 g/mol. The maximum Gasteiger partial charge on any atom is 0.331 e. The normalized spacial score (nSPS) is 12.4. The second-order valence-corrected chi connectivity index (χ2v) is 4.23. The van der Waals surface area contributed by atoms with Crippen molar-refractivity contribution < 1.29 is 14.6 Å². The first-order valence-electron chi connectivity index (χ1n) is 3.13. The van der Waals surface area contributed by atoms with Gasteiger partial charge in [0.1, 0.15) is 6.61 Å². The Morgan fingerprint density at radius 2 is 2.08 bits per heavy atom. The van der Waals surface area contributed by atoms with Crippen LogP contribution < -0.4 is 0 Å². The molecule has 0 heterocycles. The molecule has 0 rings (SSSR count). The number of rotatable bonds is 4. The van der Waals surface area contributed by atoms with Crippen LogP contribution in [0.2, 0.25) is 0 Å². The molecule has 74 valence electrons. The summed E-state index contributed by atoms with van der Waals surface area (Å²) in [6, 6.07) is 0. The highest BCUT2D eigenvalue weighted by atomic mass is 35.6. The molecule has 0 aromatic heterocycles. The summed E-state index contributed by atoms with van der Waals surface area (Å²) in [6.07, 6.45) is 2.10. The number of halogens is 3. The Hall–Kier alpha value is -0.380. The topological polar surface area (TPSA) is 46.5 Å². The zero-order valence-electron chi connectivity index (χ0n) is 6.47. The molecule has 0 fully saturated rings. The number of aliphatic carboxylic acids is 1. The molecule has 0 saturated heterocycles. The molecule has 0 spiro atoms. The lowest BCUT2D eigenvalue weighted by Crippen LogP contribution is -2.12. The van der Waals surface area contributed by atoms with Gasteiger partial charge in [-0.25, -0.2) is 4.79 Å². The Kier molecular flexibility index (Phi) is 5.21. The molecule has 13 heavy (non-hydrogen) atoms. The first kappa shape index (κ1) is 12.6. The minimum Gasteiger partial charge on any atom is -0.489 e. The molecule has 0 aliphatic rings. The predicted octanol–water partition coefficient (Wildman–Crippen LogP) is 2.53. The van der Waals surface area contributed by atoms with Crippen LogP contribution in [0.3, 0.4) is 0 Å². The Bertz CT molecular complexity index is 230.